The summed E-state index contributed by atoms with van der Waals surface area (Å²) in [5.41, 5.74) is 7.49. The molecular formula is C15H23BrN2O. The van der Waals surface area contributed by atoms with Crippen molar-refractivity contribution in [3.63, 3.8) is 0 Å². The Hall–Kier alpha value is -0.420. The van der Waals surface area contributed by atoms with Crippen molar-refractivity contribution < 1.29 is 5.11 Å². The normalized spacial score (nSPS) is 23.5. The van der Waals surface area contributed by atoms with Crippen LogP contribution in [0.25, 0.3) is 0 Å². The maximum atomic E-state index is 9.07. The van der Waals surface area contributed by atoms with Gasteiger partial charge in [0.25, 0.3) is 0 Å². The molecule has 1 aromatic carbocycles. The van der Waals surface area contributed by atoms with E-state index in [0.717, 1.165) is 30.4 Å². The summed E-state index contributed by atoms with van der Waals surface area (Å²) in [6, 6.07) is 8.66. The number of rotatable bonds is 5. The lowest BCUT2D eigenvalue weighted by atomic mass is 9.99. The second-order valence-corrected chi connectivity index (χ2v) is 6.34. The zero-order chi connectivity index (χ0) is 13.8. The Morgan fingerprint density at radius 1 is 1.47 bits per heavy atom. The molecule has 0 aliphatic carbocycles. The van der Waals surface area contributed by atoms with Gasteiger partial charge in [-0.15, -0.1) is 0 Å². The molecule has 0 aromatic heterocycles. The van der Waals surface area contributed by atoms with Crippen molar-refractivity contribution in [2.45, 2.75) is 31.8 Å². The van der Waals surface area contributed by atoms with Crippen LogP contribution in [0, 0.1) is 5.92 Å². The number of hydrogen-bond donors (Lipinski definition) is 2. The lowest BCUT2D eigenvalue weighted by molar-refractivity contribution is 0.200. The first-order valence-corrected chi connectivity index (χ1v) is 7.77. The minimum absolute atomic E-state index is 0.0894. The molecule has 0 spiro atoms. The van der Waals surface area contributed by atoms with Crippen molar-refractivity contribution in [1.82, 2.24) is 4.90 Å². The molecule has 0 amide bonds. The van der Waals surface area contributed by atoms with E-state index in [-0.39, 0.29) is 18.7 Å². The number of likely N-dealkylation sites (tertiary alicyclic amines) is 1. The number of benzene rings is 1. The molecule has 3 atom stereocenters. The van der Waals surface area contributed by atoms with Gasteiger partial charge in [0.05, 0.1) is 6.04 Å². The number of nitrogens with two attached hydrogens (primary N) is 1. The molecule has 1 fully saturated rings. The van der Waals surface area contributed by atoms with Gasteiger partial charge in [0.1, 0.15) is 0 Å². The van der Waals surface area contributed by atoms with Gasteiger partial charge in [-0.3, -0.25) is 4.90 Å². The minimum atomic E-state index is 0.0894. The quantitative estimate of drug-likeness (QED) is 0.874. The van der Waals surface area contributed by atoms with Crippen LogP contribution in [0.1, 0.15) is 31.4 Å². The van der Waals surface area contributed by atoms with Crippen LogP contribution in [0.5, 0.6) is 0 Å². The van der Waals surface area contributed by atoms with E-state index in [1.807, 2.05) is 6.07 Å². The van der Waals surface area contributed by atoms with Gasteiger partial charge in [-0.2, -0.15) is 0 Å². The molecule has 2 rings (SSSR count). The maximum Gasteiger partial charge on any atom is 0.0507 e. The first-order chi connectivity index (χ1) is 9.13. The summed E-state index contributed by atoms with van der Waals surface area (Å²) in [6.45, 7) is 4.46. The summed E-state index contributed by atoms with van der Waals surface area (Å²) in [7, 11) is 0. The average Bonchev–Trinajstić information content (AvgIpc) is 2.80. The number of halogens is 1. The Balaban J connectivity index is 2.16. The summed E-state index contributed by atoms with van der Waals surface area (Å²) in [5.74, 6) is 0.605. The Labute approximate surface area is 123 Å². The lowest BCUT2D eigenvalue weighted by Gasteiger charge is -2.32. The van der Waals surface area contributed by atoms with Crippen LogP contribution in [0.2, 0.25) is 0 Å². The maximum absolute atomic E-state index is 9.07. The molecule has 1 aliphatic rings. The molecule has 19 heavy (non-hydrogen) atoms. The number of aliphatic hydroxyl groups is 1. The van der Waals surface area contributed by atoms with Gasteiger partial charge in [-0.05, 0) is 43.9 Å². The van der Waals surface area contributed by atoms with E-state index in [2.05, 4.69) is 46.0 Å². The van der Waals surface area contributed by atoms with Gasteiger partial charge in [0, 0.05) is 23.7 Å². The highest BCUT2D eigenvalue weighted by atomic mass is 79.9. The Morgan fingerprint density at radius 2 is 2.21 bits per heavy atom. The molecule has 3 unspecified atom stereocenters. The molecule has 1 aliphatic heterocycles. The second kappa shape index (κ2) is 6.84. The Bertz CT molecular complexity index is 411. The van der Waals surface area contributed by atoms with Crippen LogP contribution in [0.4, 0.5) is 0 Å². The van der Waals surface area contributed by atoms with Gasteiger partial charge in [0.2, 0.25) is 0 Å². The molecule has 0 saturated carbocycles. The molecule has 1 aromatic rings. The van der Waals surface area contributed by atoms with E-state index in [0.29, 0.717) is 5.92 Å². The molecule has 4 heteroatoms. The third-order valence-electron chi connectivity index (χ3n) is 3.97. The minimum Gasteiger partial charge on any atom is -0.396 e. The van der Waals surface area contributed by atoms with E-state index in [9.17, 15) is 0 Å². The van der Waals surface area contributed by atoms with E-state index in [1.54, 1.807) is 0 Å². The van der Waals surface area contributed by atoms with Crippen LogP contribution in [0.3, 0.4) is 0 Å². The van der Waals surface area contributed by atoms with Gasteiger partial charge in [0.15, 0.2) is 0 Å². The van der Waals surface area contributed by atoms with E-state index in [1.165, 1.54) is 5.56 Å². The van der Waals surface area contributed by atoms with Gasteiger partial charge in [-0.1, -0.05) is 34.1 Å². The van der Waals surface area contributed by atoms with Crippen molar-refractivity contribution in [2.75, 3.05) is 19.7 Å². The summed E-state index contributed by atoms with van der Waals surface area (Å²) in [4.78, 5) is 2.46. The van der Waals surface area contributed by atoms with Crippen molar-refractivity contribution in [2.24, 2.45) is 11.7 Å². The van der Waals surface area contributed by atoms with Crippen LogP contribution in [0.15, 0.2) is 28.7 Å². The highest BCUT2D eigenvalue weighted by Crippen LogP contribution is 2.34. The zero-order valence-corrected chi connectivity index (χ0v) is 13.0. The molecule has 1 heterocycles. The first-order valence-electron chi connectivity index (χ1n) is 6.98. The Morgan fingerprint density at radius 3 is 2.84 bits per heavy atom. The smallest absolute Gasteiger partial charge is 0.0507 e. The highest BCUT2D eigenvalue weighted by molar-refractivity contribution is 9.10. The number of nitrogens with zero attached hydrogens (tertiary/aromatic N) is 1. The van der Waals surface area contributed by atoms with Crippen LogP contribution in [-0.4, -0.2) is 35.7 Å². The number of aliphatic hydroxyl groups excluding tert-OH is 1. The fourth-order valence-electron chi connectivity index (χ4n) is 3.06. The summed E-state index contributed by atoms with van der Waals surface area (Å²) < 4.78 is 1.13. The van der Waals surface area contributed by atoms with Crippen LogP contribution >= 0.6 is 15.9 Å². The SMILES string of the molecule is CC(N)C(c1ccccc1Br)N1CCC(CCO)C1. The fourth-order valence-corrected chi connectivity index (χ4v) is 3.58. The van der Waals surface area contributed by atoms with Crippen LogP contribution < -0.4 is 5.73 Å². The van der Waals surface area contributed by atoms with E-state index < -0.39 is 0 Å². The predicted molar refractivity (Wildman–Crippen MR) is 81.9 cm³/mol. The van der Waals surface area contributed by atoms with Crippen molar-refractivity contribution in [3.05, 3.63) is 34.3 Å². The van der Waals surface area contributed by atoms with E-state index in [4.69, 9.17) is 10.8 Å². The summed E-state index contributed by atoms with van der Waals surface area (Å²) in [6.07, 6.45) is 2.06. The molecule has 0 radical (unpaired) electrons. The molecule has 3 nitrogen and oxygen atoms in total. The zero-order valence-electron chi connectivity index (χ0n) is 11.4. The summed E-state index contributed by atoms with van der Waals surface area (Å²) >= 11 is 3.64. The van der Waals surface area contributed by atoms with Crippen molar-refractivity contribution in [3.8, 4) is 0 Å². The summed E-state index contributed by atoms with van der Waals surface area (Å²) in [5, 5.41) is 9.07. The number of hydrogen-bond acceptors (Lipinski definition) is 3. The molecule has 106 valence electrons. The fraction of sp³-hybridized carbons (Fsp3) is 0.600. The van der Waals surface area contributed by atoms with Crippen molar-refractivity contribution >= 4 is 15.9 Å². The molecule has 3 N–H and O–H groups in total. The predicted octanol–water partition coefficient (Wildman–Crippen LogP) is 2.54. The standard InChI is InChI=1S/C15H23BrN2O/c1-11(17)15(13-4-2-3-5-14(13)16)18-8-6-12(10-18)7-9-19/h2-5,11-12,15,19H,6-10,17H2,1H3. The third kappa shape index (κ3) is 3.57. The first kappa shape index (κ1) is 15.0. The van der Waals surface area contributed by atoms with Gasteiger partial charge in [-0.25, -0.2) is 0 Å². The van der Waals surface area contributed by atoms with Gasteiger partial charge >= 0.3 is 0 Å². The van der Waals surface area contributed by atoms with Gasteiger partial charge < -0.3 is 10.8 Å². The monoisotopic (exact) mass is 326 g/mol. The average molecular weight is 327 g/mol. The third-order valence-corrected chi connectivity index (χ3v) is 4.69. The molecule has 0 bridgehead atoms. The Kier molecular flexibility index (Phi) is 5.39. The molecular weight excluding hydrogens is 304 g/mol. The second-order valence-electron chi connectivity index (χ2n) is 5.49. The van der Waals surface area contributed by atoms with Crippen molar-refractivity contribution in [1.29, 1.82) is 0 Å². The van der Waals surface area contributed by atoms with E-state index >= 15 is 0 Å². The van der Waals surface area contributed by atoms with Crippen LogP contribution in [-0.2, 0) is 0 Å². The largest absolute Gasteiger partial charge is 0.396 e. The lowest BCUT2D eigenvalue weighted by Crippen LogP contribution is -2.38. The topological polar surface area (TPSA) is 49.5 Å². The highest BCUT2D eigenvalue weighted by Gasteiger charge is 2.31. The molecule has 1 saturated heterocycles.